The van der Waals surface area contributed by atoms with Crippen LogP contribution in [0, 0.1) is 5.82 Å². The first-order chi connectivity index (χ1) is 12.8. The molecular weight excluding hydrogens is 385 g/mol. The summed E-state index contributed by atoms with van der Waals surface area (Å²) in [6.07, 6.45) is 1.15. The summed E-state index contributed by atoms with van der Waals surface area (Å²) in [6, 6.07) is 14.0. The molecule has 3 nitrogen and oxygen atoms in total. The number of halogens is 2. The van der Waals surface area contributed by atoms with Crippen LogP contribution in [0.3, 0.4) is 0 Å². The van der Waals surface area contributed by atoms with Gasteiger partial charge in [0.05, 0.1) is 0 Å². The summed E-state index contributed by atoms with van der Waals surface area (Å²) in [4.78, 5) is 0. The summed E-state index contributed by atoms with van der Waals surface area (Å²) in [5.74, 6) is 0.563. The van der Waals surface area contributed by atoms with E-state index in [-0.39, 0.29) is 0 Å². The minimum absolute atomic E-state index is 0.352. The van der Waals surface area contributed by atoms with Crippen molar-refractivity contribution in [3.63, 3.8) is 0 Å². The van der Waals surface area contributed by atoms with Gasteiger partial charge in [-0.05, 0) is 57.4 Å². The van der Waals surface area contributed by atoms with Crippen LogP contribution in [0.5, 0.6) is 5.75 Å². The van der Waals surface area contributed by atoms with Crippen molar-refractivity contribution in [3.8, 4) is 5.75 Å². The number of nitrogens with zero attached hydrogens (tertiary/aromatic N) is 1. The third-order valence-corrected chi connectivity index (χ3v) is 5.46. The Morgan fingerprint density at radius 3 is 2.52 bits per heavy atom. The molecule has 0 aliphatic carbocycles. The molecule has 0 N–H and O–H groups in total. The van der Waals surface area contributed by atoms with Gasteiger partial charge in [0, 0.05) is 11.4 Å². The maximum Gasteiger partial charge on any atom is 0.144 e. The summed E-state index contributed by atoms with van der Waals surface area (Å²) in [5.41, 5.74) is 2.07. The van der Waals surface area contributed by atoms with Gasteiger partial charge in [-0.25, -0.2) is 4.39 Å². The van der Waals surface area contributed by atoms with E-state index in [0.717, 1.165) is 5.56 Å². The van der Waals surface area contributed by atoms with Gasteiger partial charge in [0.2, 0.25) is 0 Å². The predicted molar refractivity (Wildman–Crippen MR) is 112 cm³/mol. The van der Waals surface area contributed by atoms with Crippen LogP contribution < -0.4 is 4.74 Å². The third-order valence-electron chi connectivity index (χ3n) is 3.75. The summed E-state index contributed by atoms with van der Waals surface area (Å²) in [5, 5.41) is 0. The lowest BCUT2D eigenvalue weighted by Gasteiger charge is -2.20. The fraction of sp³-hybridized carbons (Fsp3) is 0.381. The first-order valence-electron chi connectivity index (χ1n) is 8.83. The summed E-state index contributed by atoms with van der Waals surface area (Å²) in [6.45, 7) is 5.91. The van der Waals surface area contributed by atoms with Gasteiger partial charge in [-0.2, -0.15) is 0 Å². The molecule has 0 bridgehead atoms. The van der Waals surface area contributed by atoms with Crippen molar-refractivity contribution in [1.82, 2.24) is 0 Å². The number of rotatable bonds is 8. The molecule has 2 aromatic rings. The number of ether oxygens (including phenoxy) is 1. The zero-order valence-electron chi connectivity index (χ0n) is 15.9. The van der Waals surface area contributed by atoms with Crippen molar-refractivity contribution in [3.05, 3.63) is 65.5 Å². The third kappa shape index (κ3) is 6.83. The molecule has 2 aromatic carbocycles. The molecule has 0 aliphatic heterocycles. The second-order valence-electron chi connectivity index (χ2n) is 7.11. The molecule has 0 heterocycles. The van der Waals surface area contributed by atoms with E-state index in [2.05, 4.69) is 4.40 Å². The van der Waals surface area contributed by atoms with Crippen LogP contribution in [-0.4, -0.2) is 20.9 Å². The Balaban J connectivity index is 2.35. The normalized spacial score (nSPS) is 13.5. The first kappa shape index (κ1) is 21.7. The van der Waals surface area contributed by atoms with E-state index < -0.39 is 21.9 Å². The Morgan fingerprint density at radius 2 is 1.89 bits per heavy atom. The lowest BCUT2D eigenvalue weighted by molar-refractivity contribution is 0.305. The molecule has 0 fully saturated rings. The second-order valence-corrected chi connectivity index (χ2v) is 9.39. The van der Waals surface area contributed by atoms with Gasteiger partial charge in [-0.15, -0.1) is 11.6 Å². The van der Waals surface area contributed by atoms with Crippen molar-refractivity contribution in [2.24, 2.45) is 4.40 Å². The van der Waals surface area contributed by atoms with Crippen LogP contribution in [-0.2, 0) is 18.0 Å². The fourth-order valence-corrected chi connectivity index (χ4v) is 3.09. The fourth-order valence-electron chi connectivity index (χ4n) is 2.29. The van der Waals surface area contributed by atoms with Crippen LogP contribution in [0.25, 0.3) is 0 Å². The molecule has 0 saturated heterocycles. The molecule has 0 spiro atoms. The minimum Gasteiger partial charge on any atom is -0.591 e. The molecular formula is C21H25ClFNO2S. The highest BCUT2D eigenvalue weighted by Gasteiger charge is 2.28. The molecule has 1 atom stereocenters. The standard InChI is InChI=1S/C21H25ClFNO2S/c1-21(2,3)27(25)24-19(10-7-13-22)18-14-17(23)11-12-20(18)26-15-16-8-5-4-6-9-16/h4-6,8-9,11-12,14H,7,10,13,15H2,1-3H3/b24-19+. The Morgan fingerprint density at radius 1 is 1.19 bits per heavy atom. The van der Waals surface area contributed by atoms with Crippen LogP contribution in [0.15, 0.2) is 52.9 Å². The molecule has 0 amide bonds. The Labute approximate surface area is 168 Å². The van der Waals surface area contributed by atoms with Crippen LogP contribution in [0.1, 0.15) is 44.7 Å². The van der Waals surface area contributed by atoms with E-state index >= 15 is 0 Å². The van der Waals surface area contributed by atoms with E-state index in [9.17, 15) is 8.94 Å². The van der Waals surface area contributed by atoms with E-state index in [0.29, 0.717) is 42.4 Å². The van der Waals surface area contributed by atoms with Crippen molar-refractivity contribution in [2.45, 2.75) is 45.0 Å². The highest BCUT2D eigenvalue weighted by molar-refractivity contribution is 7.91. The molecule has 1 unspecified atom stereocenters. The molecule has 0 saturated carbocycles. The van der Waals surface area contributed by atoms with Crippen molar-refractivity contribution < 1.29 is 13.7 Å². The number of hydrogen-bond acceptors (Lipinski definition) is 3. The average Bonchev–Trinajstić information content (AvgIpc) is 2.64. The predicted octanol–water partition coefficient (Wildman–Crippen LogP) is 5.68. The highest BCUT2D eigenvalue weighted by atomic mass is 35.5. The molecule has 0 aromatic heterocycles. The molecule has 0 aliphatic rings. The van der Waals surface area contributed by atoms with Crippen LogP contribution in [0.2, 0.25) is 0 Å². The summed E-state index contributed by atoms with van der Waals surface area (Å²) < 4.78 is 36.3. The van der Waals surface area contributed by atoms with E-state index in [1.165, 1.54) is 12.1 Å². The Kier molecular flexibility index (Phi) is 8.14. The number of benzene rings is 2. The monoisotopic (exact) mass is 409 g/mol. The van der Waals surface area contributed by atoms with Crippen molar-refractivity contribution in [2.75, 3.05) is 5.88 Å². The summed E-state index contributed by atoms with van der Waals surface area (Å²) in [7, 11) is 0. The number of alkyl halides is 1. The van der Waals surface area contributed by atoms with Crippen molar-refractivity contribution in [1.29, 1.82) is 0 Å². The molecule has 146 valence electrons. The van der Waals surface area contributed by atoms with Gasteiger partial charge in [0.1, 0.15) is 40.0 Å². The number of hydrogen-bond donors (Lipinski definition) is 0. The van der Waals surface area contributed by atoms with E-state index in [1.54, 1.807) is 6.07 Å². The lowest BCUT2D eigenvalue weighted by atomic mass is 10.0. The first-order valence-corrected chi connectivity index (χ1v) is 10.5. The molecule has 0 radical (unpaired) electrons. The Bertz CT molecular complexity index is 763. The van der Waals surface area contributed by atoms with Crippen LogP contribution in [0.4, 0.5) is 4.39 Å². The smallest absolute Gasteiger partial charge is 0.144 e. The zero-order valence-corrected chi connectivity index (χ0v) is 17.4. The van der Waals surface area contributed by atoms with E-state index in [1.807, 2.05) is 51.1 Å². The van der Waals surface area contributed by atoms with Gasteiger partial charge in [0.25, 0.3) is 0 Å². The van der Waals surface area contributed by atoms with Gasteiger partial charge in [0.15, 0.2) is 0 Å². The maximum atomic E-state index is 14.0. The van der Waals surface area contributed by atoms with E-state index in [4.69, 9.17) is 16.3 Å². The zero-order chi connectivity index (χ0) is 19.9. The lowest BCUT2D eigenvalue weighted by Crippen LogP contribution is -2.27. The molecule has 27 heavy (non-hydrogen) atoms. The molecule has 6 heteroatoms. The topological polar surface area (TPSA) is 44.7 Å². The van der Waals surface area contributed by atoms with Gasteiger partial charge >= 0.3 is 0 Å². The Hall–Kier alpha value is -1.56. The SMILES string of the molecule is CC(C)(C)[S+]([O-])/N=C(\CCCCl)c1cc(F)ccc1OCc1ccccc1. The van der Waals surface area contributed by atoms with Crippen molar-refractivity contribution >= 4 is 28.7 Å². The maximum absolute atomic E-state index is 14.0. The average molecular weight is 410 g/mol. The minimum atomic E-state index is -1.46. The largest absolute Gasteiger partial charge is 0.591 e. The van der Waals surface area contributed by atoms with Gasteiger partial charge < -0.3 is 9.29 Å². The summed E-state index contributed by atoms with van der Waals surface area (Å²) >= 11 is 4.38. The van der Waals surface area contributed by atoms with Crippen LogP contribution >= 0.6 is 11.6 Å². The second kappa shape index (κ2) is 10.1. The molecule has 2 rings (SSSR count). The quantitative estimate of drug-likeness (QED) is 0.320. The van der Waals surface area contributed by atoms with Gasteiger partial charge in [-0.1, -0.05) is 34.7 Å². The highest BCUT2D eigenvalue weighted by Crippen LogP contribution is 2.26. The van der Waals surface area contributed by atoms with Gasteiger partial charge in [-0.3, -0.25) is 0 Å².